The van der Waals surface area contributed by atoms with E-state index in [1.54, 1.807) is 29.2 Å². The third-order valence-corrected chi connectivity index (χ3v) is 8.81. The van der Waals surface area contributed by atoms with Crippen LogP contribution in [0.3, 0.4) is 0 Å². The topological polar surface area (TPSA) is 63.7 Å². The molecular weight excluding hydrogens is 422 g/mol. The number of benzene rings is 2. The fraction of sp³-hybridized carbons (Fsp3) is 0.435. The maximum atomic E-state index is 13.8. The number of carbonyl (C=O) groups is 1. The highest BCUT2D eigenvalue weighted by Gasteiger charge is 2.45. The van der Waals surface area contributed by atoms with Gasteiger partial charge in [0.25, 0.3) is 0 Å². The zero-order valence-corrected chi connectivity index (χ0v) is 18.4. The van der Waals surface area contributed by atoms with E-state index < -0.39 is 20.5 Å². The molecule has 2 heterocycles. The standard InChI is InChI=1S/C23H26ClNO4S/c24-20-9-5-4-8-19(20)21-10-13-25(14-17-30(21,27)28)22(26)23(11-15-29-16-12-23)18-6-2-1-3-7-18/h1-9,21H,10-17H2. The lowest BCUT2D eigenvalue weighted by molar-refractivity contribution is -0.141. The first-order valence-electron chi connectivity index (χ1n) is 10.3. The normalized spacial score (nSPS) is 23.5. The number of hydrogen-bond donors (Lipinski definition) is 0. The van der Waals surface area contributed by atoms with Gasteiger partial charge in [-0.2, -0.15) is 0 Å². The van der Waals surface area contributed by atoms with Gasteiger partial charge in [-0.1, -0.05) is 60.1 Å². The van der Waals surface area contributed by atoms with Crippen molar-refractivity contribution in [3.8, 4) is 0 Å². The van der Waals surface area contributed by atoms with E-state index >= 15 is 0 Å². The van der Waals surface area contributed by atoms with Crippen molar-refractivity contribution in [3.63, 3.8) is 0 Å². The number of rotatable bonds is 3. The van der Waals surface area contributed by atoms with Crippen molar-refractivity contribution in [2.24, 2.45) is 0 Å². The second-order valence-electron chi connectivity index (χ2n) is 8.02. The Morgan fingerprint density at radius 3 is 2.37 bits per heavy atom. The van der Waals surface area contributed by atoms with Gasteiger partial charge in [0, 0.05) is 31.3 Å². The summed E-state index contributed by atoms with van der Waals surface area (Å²) in [5, 5.41) is -0.234. The van der Waals surface area contributed by atoms with Gasteiger partial charge in [0.05, 0.1) is 16.4 Å². The molecule has 2 fully saturated rings. The molecule has 2 aromatic carbocycles. The summed E-state index contributed by atoms with van der Waals surface area (Å²) in [5.74, 6) is -0.0530. The summed E-state index contributed by atoms with van der Waals surface area (Å²) in [7, 11) is -3.42. The molecule has 0 aliphatic carbocycles. The van der Waals surface area contributed by atoms with Crippen molar-refractivity contribution in [1.29, 1.82) is 0 Å². The van der Waals surface area contributed by atoms with Crippen LogP contribution in [0.15, 0.2) is 54.6 Å². The predicted molar refractivity (Wildman–Crippen MR) is 117 cm³/mol. The summed E-state index contributed by atoms with van der Waals surface area (Å²) in [6.45, 7) is 1.64. The zero-order chi connectivity index (χ0) is 21.2. The highest BCUT2D eigenvalue weighted by atomic mass is 35.5. The molecule has 2 aliphatic heterocycles. The smallest absolute Gasteiger partial charge is 0.233 e. The van der Waals surface area contributed by atoms with Gasteiger partial charge in [0.15, 0.2) is 9.84 Å². The van der Waals surface area contributed by atoms with Crippen molar-refractivity contribution in [2.45, 2.75) is 29.9 Å². The molecule has 4 rings (SSSR count). The molecule has 5 nitrogen and oxygen atoms in total. The van der Waals surface area contributed by atoms with E-state index in [1.165, 1.54) is 0 Å². The second kappa shape index (κ2) is 8.69. The van der Waals surface area contributed by atoms with E-state index in [0.717, 1.165) is 5.56 Å². The van der Waals surface area contributed by atoms with Crippen LogP contribution < -0.4 is 0 Å². The fourth-order valence-electron chi connectivity index (χ4n) is 4.64. The van der Waals surface area contributed by atoms with Crippen molar-refractivity contribution in [1.82, 2.24) is 4.90 Å². The molecule has 0 N–H and O–H groups in total. The van der Waals surface area contributed by atoms with Gasteiger partial charge < -0.3 is 9.64 Å². The summed E-state index contributed by atoms with van der Waals surface area (Å²) in [4.78, 5) is 15.5. The molecule has 160 valence electrons. The predicted octanol–water partition coefficient (Wildman–Crippen LogP) is 3.78. The minimum absolute atomic E-state index is 0.00649. The van der Waals surface area contributed by atoms with Crippen molar-refractivity contribution >= 4 is 27.3 Å². The number of ether oxygens (including phenoxy) is 1. The van der Waals surface area contributed by atoms with E-state index in [0.29, 0.717) is 49.6 Å². The third-order valence-electron chi connectivity index (χ3n) is 6.36. The summed E-state index contributed by atoms with van der Waals surface area (Å²) in [6.07, 6.45) is 1.55. The van der Waals surface area contributed by atoms with Crippen molar-refractivity contribution < 1.29 is 17.9 Å². The Morgan fingerprint density at radius 1 is 1.00 bits per heavy atom. The maximum absolute atomic E-state index is 13.8. The molecule has 30 heavy (non-hydrogen) atoms. The Kier molecular flexibility index (Phi) is 6.19. The average Bonchev–Trinajstić information content (AvgIpc) is 2.93. The molecule has 0 spiro atoms. The lowest BCUT2D eigenvalue weighted by atomic mass is 9.73. The monoisotopic (exact) mass is 447 g/mol. The first-order valence-corrected chi connectivity index (χ1v) is 12.4. The number of sulfone groups is 1. The van der Waals surface area contributed by atoms with Gasteiger partial charge in [-0.15, -0.1) is 0 Å². The molecule has 2 saturated heterocycles. The van der Waals surface area contributed by atoms with E-state index in [9.17, 15) is 13.2 Å². The summed E-state index contributed by atoms with van der Waals surface area (Å²) in [5.41, 5.74) is 0.943. The Balaban J connectivity index is 1.63. The Hall–Kier alpha value is -1.89. The quantitative estimate of drug-likeness (QED) is 0.718. The lowest BCUT2D eigenvalue weighted by Gasteiger charge is -2.40. The molecule has 0 bridgehead atoms. The molecule has 1 unspecified atom stereocenters. The van der Waals surface area contributed by atoms with Crippen LogP contribution in [0.4, 0.5) is 0 Å². The maximum Gasteiger partial charge on any atom is 0.233 e. The minimum Gasteiger partial charge on any atom is -0.381 e. The van der Waals surface area contributed by atoms with Gasteiger partial charge in [-0.3, -0.25) is 4.79 Å². The molecule has 0 radical (unpaired) electrons. The van der Waals surface area contributed by atoms with Crippen LogP contribution in [0.5, 0.6) is 0 Å². The van der Waals surface area contributed by atoms with Gasteiger partial charge in [0.2, 0.25) is 5.91 Å². The van der Waals surface area contributed by atoms with Crippen LogP contribution in [-0.4, -0.2) is 51.3 Å². The molecule has 2 aliphatic rings. The first-order chi connectivity index (χ1) is 14.4. The zero-order valence-electron chi connectivity index (χ0n) is 16.8. The molecule has 0 aromatic heterocycles. The molecule has 7 heteroatoms. The van der Waals surface area contributed by atoms with Crippen LogP contribution in [0.2, 0.25) is 5.02 Å². The molecule has 0 saturated carbocycles. The molecule has 1 atom stereocenters. The van der Waals surface area contributed by atoms with Gasteiger partial charge >= 0.3 is 0 Å². The highest BCUT2D eigenvalue weighted by Crippen LogP contribution is 2.39. The molecule has 2 aromatic rings. The van der Waals surface area contributed by atoms with Crippen LogP contribution in [0, 0.1) is 0 Å². The van der Waals surface area contributed by atoms with Crippen LogP contribution >= 0.6 is 11.6 Å². The van der Waals surface area contributed by atoms with E-state index in [4.69, 9.17) is 16.3 Å². The van der Waals surface area contributed by atoms with E-state index in [2.05, 4.69) is 0 Å². The minimum atomic E-state index is -3.42. The van der Waals surface area contributed by atoms with Crippen molar-refractivity contribution in [2.75, 3.05) is 32.1 Å². The third kappa shape index (κ3) is 4.01. The molecular formula is C23H26ClNO4S. The first kappa shape index (κ1) is 21.3. The molecule has 1 amide bonds. The average molecular weight is 448 g/mol. The van der Waals surface area contributed by atoms with E-state index in [1.807, 2.05) is 30.3 Å². The summed E-state index contributed by atoms with van der Waals surface area (Å²) >= 11 is 6.30. The van der Waals surface area contributed by atoms with Gasteiger partial charge in [-0.25, -0.2) is 8.42 Å². The Morgan fingerprint density at radius 2 is 1.67 bits per heavy atom. The van der Waals surface area contributed by atoms with E-state index in [-0.39, 0.29) is 18.2 Å². The number of amides is 1. The number of nitrogens with zero attached hydrogens (tertiary/aromatic N) is 1. The van der Waals surface area contributed by atoms with Gasteiger partial charge in [-0.05, 0) is 36.5 Å². The number of carbonyl (C=O) groups excluding carboxylic acids is 1. The summed E-state index contributed by atoms with van der Waals surface area (Å²) < 4.78 is 31.6. The second-order valence-corrected chi connectivity index (χ2v) is 10.7. The Bertz CT molecular complexity index is 1000. The van der Waals surface area contributed by atoms with Crippen molar-refractivity contribution in [3.05, 3.63) is 70.7 Å². The number of halogens is 1. The SMILES string of the molecule is O=C(N1CCC(c2ccccc2Cl)S(=O)(=O)CC1)C1(c2ccccc2)CCOCC1. The summed E-state index contributed by atoms with van der Waals surface area (Å²) in [6, 6.07) is 16.9. The lowest BCUT2D eigenvalue weighted by Crippen LogP contribution is -2.50. The van der Waals surface area contributed by atoms with Crippen LogP contribution in [0.25, 0.3) is 0 Å². The van der Waals surface area contributed by atoms with Gasteiger partial charge in [0.1, 0.15) is 0 Å². The highest BCUT2D eigenvalue weighted by molar-refractivity contribution is 7.91. The number of hydrogen-bond acceptors (Lipinski definition) is 4. The fourth-order valence-corrected chi connectivity index (χ4v) is 6.79. The van der Waals surface area contributed by atoms with Crippen LogP contribution in [-0.2, 0) is 24.8 Å². The Labute approximate surface area is 182 Å². The van der Waals surface area contributed by atoms with Crippen LogP contribution in [0.1, 0.15) is 35.6 Å². The largest absolute Gasteiger partial charge is 0.381 e.